The highest BCUT2D eigenvalue weighted by Gasteiger charge is 2.29. The Labute approximate surface area is 187 Å². The van der Waals surface area contributed by atoms with E-state index in [9.17, 15) is 4.79 Å². The van der Waals surface area contributed by atoms with Gasteiger partial charge in [0.25, 0.3) is 0 Å². The number of anilines is 1. The number of hydrogen-bond donors (Lipinski definition) is 0. The number of carbonyl (C=O) groups is 1. The topological polar surface area (TPSA) is 49.3 Å². The van der Waals surface area contributed by atoms with Crippen molar-refractivity contribution in [1.29, 1.82) is 0 Å². The number of rotatable bonds is 6. The summed E-state index contributed by atoms with van der Waals surface area (Å²) in [5.41, 5.74) is 3.43. The van der Waals surface area contributed by atoms with Gasteiger partial charge >= 0.3 is 0 Å². The van der Waals surface area contributed by atoms with Gasteiger partial charge < -0.3 is 9.80 Å². The minimum atomic E-state index is 0.239. The van der Waals surface area contributed by atoms with Crippen LogP contribution in [0.25, 0.3) is 11.4 Å². The zero-order chi connectivity index (χ0) is 22.8. The number of nitrogens with zero attached hydrogens (tertiary/aromatic N) is 4. The van der Waals surface area contributed by atoms with Crippen molar-refractivity contribution in [2.24, 2.45) is 11.3 Å². The Kier molecular flexibility index (Phi) is 7.03. The van der Waals surface area contributed by atoms with Crippen LogP contribution in [-0.4, -0.2) is 40.4 Å². The highest BCUT2D eigenvalue weighted by atomic mass is 16.2. The van der Waals surface area contributed by atoms with E-state index in [-0.39, 0.29) is 11.3 Å². The first-order chi connectivity index (χ1) is 14.5. The maximum absolute atomic E-state index is 13.1. The van der Waals surface area contributed by atoms with Crippen molar-refractivity contribution in [3.8, 4) is 11.4 Å². The Morgan fingerprint density at radius 2 is 1.81 bits per heavy atom. The number of amides is 1. The van der Waals surface area contributed by atoms with Crippen LogP contribution >= 0.6 is 0 Å². The standard InChI is InChI=1S/C26H38N4O/c1-18(2)29(7)25-21-17-30(23(31)15-19(3)16-26(4,5)6)14-13-22(21)27-24(28-25)20-11-9-8-10-12-20/h8-12,18-19H,13-17H2,1-7H3/t19-/m1/s1. The van der Waals surface area contributed by atoms with Crippen molar-refractivity contribution in [2.45, 2.75) is 73.4 Å². The van der Waals surface area contributed by atoms with Gasteiger partial charge in [-0.05, 0) is 31.6 Å². The first-order valence-corrected chi connectivity index (χ1v) is 11.5. The Hall–Kier alpha value is -2.43. The molecule has 1 atom stereocenters. The second-order valence-electron chi connectivity index (χ2n) is 10.5. The second-order valence-corrected chi connectivity index (χ2v) is 10.5. The van der Waals surface area contributed by atoms with Gasteiger partial charge in [0.1, 0.15) is 5.82 Å². The van der Waals surface area contributed by atoms with E-state index in [1.165, 1.54) is 0 Å². The number of carbonyl (C=O) groups excluding carboxylic acids is 1. The summed E-state index contributed by atoms with van der Waals surface area (Å²) in [6.07, 6.45) is 2.43. The van der Waals surface area contributed by atoms with Gasteiger partial charge in [-0.3, -0.25) is 4.79 Å². The maximum atomic E-state index is 13.1. The lowest BCUT2D eigenvalue weighted by Gasteiger charge is -2.34. The average molecular weight is 423 g/mol. The molecule has 2 heterocycles. The van der Waals surface area contributed by atoms with Crippen LogP contribution in [0.3, 0.4) is 0 Å². The molecule has 1 aliphatic rings. The zero-order valence-electron chi connectivity index (χ0n) is 20.3. The molecule has 0 spiro atoms. The monoisotopic (exact) mass is 422 g/mol. The Morgan fingerprint density at radius 1 is 1.13 bits per heavy atom. The van der Waals surface area contributed by atoms with Gasteiger partial charge in [-0.1, -0.05) is 58.0 Å². The van der Waals surface area contributed by atoms with Crippen LogP contribution in [0, 0.1) is 11.3 Å². The van der Waals surface area contributed by atoms with Crippen LogP contribution < -0.4 is 4.90 Å². The fourth-order valence-electron chi connectivity index (χ4n) is 4.41. The Morgan fingerprint density at radius 3 is 2.42 bits per heavy atom. The number of aromatic nitrogens is 2. The molecular weight excluding hydrogens is 384 g/mol. The van der Waals surface area contributed by atoms with Crippen molar-refractivity contribution >= 4 is 11.7 Å². The normalized spacial score (nSPS) is 15.0. The SMILES string of the molecule is CC(C)N(C)c1nc(-c2ccccc2)nc2c1CN(C(=O)C[C@@H](C)CC(C)(C)C)CC2. The number of benzene rings is 1. The van der Waals surface area contributed by atoms with E-state index in [1.807, 2.05) is 23.1 Å². The van der Waals surface area contributed by atoms with Crippen LogP contribution in [0.15, 0.2) is 30.3 Å². The third-order valence-electron chi connectivity index (χ3n) is 6.02. The van der Waals surface area contributed by atoms with Gasteiger partial charge in [0.2, 0.25) is 5.91 Å². The molecule has 5 heteroatoms. The molecule has 1 aromatic carbocycles. The van der Waals surface area contributed by atoms with Crippen LogP contribution in [0.5, 0.6) is 0 Å². The largest absolute Gasteiger partial charge is 0.357 e. The molecule has 31 heavy (non-hydrogen) atoms. The molecule has 0 saturated carbocycles. The summed E-state index contributed by atoms with van der Waals surface area (Å²) in [7, 11) is 2.08. The molecule has 2 aromatic rings. The van der Waals surface area contributed by atoms with Crippen molar-refractivity contribution in [1.82, 2.24) is 14.9 Å². The Balaban J connectivity index is 1.87. The molecule has 0 fully saturated rings. The molecule has 3 rings (SSSR count). The minimum absolute atomic E-state index is 0.239. The number of hydrogen-bond acceptors (Lipinski definition) is 4. The lowest BCUT2D eigenvalue weighted by Crippen LogP contribution is -2.39. The van der Waals surface area contributed by atoms with Gasteiger partial charge in [-0.15, -0.1) is 0 Å². The van der Waals surface area contributed by atoms with Gasteiger partial charge in [0.05, 0.1) is 12.2 Å². The van der Waals surface area contributed by atoms with Gasteiger partial charge in [-0.25, -0.2) is 9.97 Å². The van der Waals surface area contributed by atoms with Crippen LogP contribution in [0.1, 0.15) is 65.6 Å². The highest BCUT2D eigenvalue weighted by Crippen LogP contribution is 2.31. The summed E-state index contributed by atoms with van der Waals surface area (Å²) in [4.78, 5) is 27.2. The molecule has 0 unspecified atom stereocenters. The van der Waals surface area contributed by atoms with E-state index >= 15 is 0 Å². The molecule has 0 radical (unpaired) electrons. The molecule has 1 aliphatic heterocycles. The lowest BCUT2D eigenvalue weighted by molar-refractivity contribution is -0.133. The summed E-state index contributed by atoms with van der Waals surface area (Å²) in [5, 5.41) is 0. The van der Waals surface area contributed by atoms with Crippen molar-refractivity contribution in [3.05, 3.63) is 41.6 Å². The van der Waals surface area contributed by atoms with Gasteiger partial charge in [-0.2, -0.15) is 0 Å². The molecule has 168 valence electrons. The van der Waals surface area contributed by atoms with Crippen molar-refractivity contribution < 1.29 is 4.79 Å². The van der Waals surface area contributed by atoms with E-state index in [0.29, 0.717) is 24.9 Å². The number of fused-ring (bicyclic) bond motifs is 1. The predicted octanol–water partition coefficient (Wildman–Crippen LogP) is 5.34. The molecule has 5 nitrogen and oxygen atoms in total. The molecular formula is C26H38N4O. The third kappa shape index (κ3) is 5.84. The van der Waals surface area contributed by atoms with Gasteiger partial charge in [0.15, 0.2) is 5.82 Å². The van der Waals surface area contributed by atoms with Crippen LogP contribution in [0.2, 0.25) is 0 Å². The summed E-state index contributed by atoms with van der Waals surface area (Å²) in [6, 6.07) is 10.5. The van der Waals surface area contributed by atoms with E-state index in [4.69, 9.17) is 9.97 Å². The second kappa shape index (κ2) is 9.37. The summed E-state index contributed by atoms with van der Waals surface area (Å²) < 4.78 is 0. The van der Waals surface area contributed by atoms with E-state index in [0.717, 1.165) is 47.8 Å². The average Bonchev–Trinajstić information content (AvgIpc) is 2.71. The molecule has 0 bridgehead atoms. The molecule has 0 aliphatic carbocycles. The highest BCUT2D eigenvalue weighted by molar-refractivity contribution is 5.77. The fraction of sp³-hybridized carbons (Fsp3) is 0.577. The molecule has 1 aromatic heterocycles. The van der Waals surface area contributed by atoms with E-state index < -0.39 is 0 Å². The summed E-state index contributed by atoms with van der Waals surface area (Å²) >= 11 is 0. The fourth-order valence-corrected chi connectivity index (χ4v) is 4.41. The first-order valence-electron chi connectivity index (χ1n) is 11.5. The summed E-state index contributed by atoms with van der Waals surface area (Å²) in [5.74, 6) is 2.33. The first kappa shape index (κ1) is 23.2. The Bertz CT molecular complexity index is 902. The zero-order valence-corrected chi connectivity index (χ0v) is 20.3. The van der Waals surface area contributed by atoms with E-state index in [1.54, 1.807) is 0 Å². The minimum Gasteiger partial charge on any atom is -0.357 e. The van der Waals surface area contributed by atoms with Crippen molar-refractivity contribution in [2.75, 3.05) is 18.5 Å². The van der Waals surface area contributed by atoms with Crippen LogP contribution in [-0.2, 0) is 17.8 Å². The maximum Gasteiger partial charge on any atom is 0.223 e. The van der Waals surface area contributed by atoms with Crippen molar-refractivity contribution in [3.63, 3.8) is 0 Å². The van der Waals surface area contributed by atoms with E-state index in [2.05, 4.69) is 65.6 Å². The third-order valence-corrected chi connectivity index (χ3v) is 6.02. The lowest BCUT2D eigenvalue weighted by atomic mass is 9.84. The molecule has 1 amide bonds. The van der Waals surface area contributed by atoms with Crippen LogP contribution in [0.4, 0.5) is 5.82 Å². The van der Waals surface area contributed by atoms with Gasteiger partial charge in [0, 0.05) is 43.6 Å². The summed E-state index contributed by atoms with van der Waals surface area (Å²) in [6.45, 7) is 14.5. The quantitative estimate of drug-likeness (QED) is 0.631. The predicted molar refractivity (Wildman–Crippen MR) is 128 cm³/mol. The smallest absolute Gasteiger partial charge is 0.223 e. The molecule has 0 N–H and O–H groups in total. The molecule has 0 saturated heterocycles.